The molecule has 1 saturated carbocycles. The lowest BCUT2D eigenvalue weighted by Crippen LogP contribution is -2.47. The van der Waals surface area contributed by atoms with Gasteiger partial charge in [-0.2, -0.15) is 0 Å². The fourth-order valence-corrected chi connectivity index (χ4v) is 6.33. The maximum Gasteiger partial charge on any atom is 0.332 e. The van der Waals surface area contributed by atoms with Gasteiger partial charge in [0.2, 0.25) is 0 Å². The van der Waals surface area contributed by atoms with Gasteiger partial charge in [0, 0.05) is 0 Å². The molecule has 1 fully saturated rings. The van der Waals surface area contributed by atoms with Crippen LogP contribution < -0.4 is 10.8 Å². The molecule has 1 aliphatic rings. The molecule has 3 N–H and O–H groups in total. The zero-order valence-corrected chi connectivity index (χ0v) is 24.9. The summed E-state index contributed by atoms with van der Waals surface area (Å²) in [5.41, 5.74) is 5.51. The van der Waals surface area contributed by atoms with Crippen molar-refractivity contribution in [3.63, 3.8) is 0 Å². The minimum absolute atomic E-state index is 0.151. The van der Waals surface area contributed by atoms with Gasteiger partial charge in [0.15, 0.2) is 18.1 Å². The van der Waals surface area contributed by atoms with Gasteiger partial charge in [-0.1, -0.05) is 26.2 Å². The molecule has 0 saturated heterocycles. The summed E-state index contributed by atoms with van der Waals surface area (Å²) in [7, 11) is -3.89. The summed E-state index contributed by atoms with van der Waals surface area (Å²) in [6, 6.07) is 0. The van der Waals surface area contributed by atoms with Crippen molar-refractivity contribution in [1.29, 1.82) is 0 Å². The van der Waals surface area contributed by atoms with Gasteiger partial charge in [-0.15, -0.1) is 0 Å². The second-order valence-electron chi connectivity index (χ2n) is 10.7. The summed E-state index contributed by atoms with van der Waals surface area (Å²) < 4.78 is 38.0. The average molecular weight is 583 g/mol. The molecule has 3 rings (SSSR count). The van der Waals surface area contributed by atoms with E-state index in [-0.39, 0.29) is 18.5 Å². The van der Waals surface area contributed by atoms with Crippen LogP contribution in [0.5, 0.6) is 0 Å². The molecular weight excluding hydrogens is 539 g/mol. The molecule has 0 bridgehead atoms. The molecule has 2 heterocycles. The van der Waals surface area contributed by atoms with Gasteiger partial charge in [-0.05, 0) is 52.9 Å². The number of nitrogen functional groups attached to an aromatic ring is 1. The Labute approximate surface area is 235 Å². The molecule has 40 heavy (non-hydrogen) atoms. The SMILES string of the molecule is CCCCCCOC(=O)C(C)(C)NP(=O)(CO[C@H](C)Cn1cnc2c(N)ncnc21)OCC(=O)OC1CCCC1. The first-order chi connectivity index (χ1) is 19.0. The normalized spacial score (nSPS) is 16.6. The maximum atomic E-state index is 13.9. The number of nitrogens with zero attached hydrogens (tertiary/aromatic N) is 4. The first-order valence-electron chi connectivity index (χ1n) is 14.0. The number of carbonyl (C=O) groups excluding carboxylic acids is 2. The van der Waals surface area contributed by atoms with E-state index in [1.807, 2.05) is 0 Å². The van der Waals surface area contributed by atoms with Crippen LogP contribution in [0.25, 0.3) is 11.2 Å². The molecule has 1 aliphatic carbocycles. The number of esters is 2. The number of hydrogen-bond acceptors (Lipinski definition) is 11. The van der Waals surface area contributed by atoms with E-state index >= 15 is 0 Å². The third-order valence-corrected chi connectivity index (χ3v) is 8.53. The number of nitrogens with two attached hydrogens (primary N) is 1. The number of fused-ring (bicyclic) bond motifs is 1. The highest BCUT2D eigenvalue weighted by molar-refractivity contribution is 7.56. The van der Waals surface area contributed by atoms with Crippen molar-refractivity contribution in [3.8, 4) is 0 Å². The Bertz CT molecular complexity index is 1170. The van der Waals surface area contributed by atoms with Gasteiger partial charge in [0.25, 0.3) is 7.52 Å². The number of carbonyl (C=O) groups is 2. The predicted octanol–water partition coefficient (Wildman–Crippen LogP) is 3.96. The number of ether oxygens (including phenoxy) is 3. The molecule has 0 aromatic carbocycles. The highest BCUT2D eigenvalue weighted by Gasteiger charge is 2.39. The Hall–Kier alpha value is -2.60. The molecule has 1 unspecified atom stereocenters. The Morgan fingerprint density at radius 2 is 1.95 bits per heavy atom. The number of rotatable bonds is 17. The van der Waals surface area contributed by atoms with Crippen LogP contribution in [-0.2, 0) is 39.4 Å². The van der Waals surface area contributed by atoms with Crippen molar-refractivity contribution in [2.45, 2.75) is 103 Å². The monoisotopic (exact) mass is 582 g/mol. The van der Waals surface area contributed by atoms with E-state index in [0.717, 1.165) is 51.4 Å². The second-order valence-corrected chi connectivity index (χ2v) is 12.8. The van der Waals surface area contributed by atoms with Crippen LogP contribution in [-0.4, -0.2) is 68.8 Å². The molecule has 224 valence electrons. The van der Waals surface area contributed by atoms with Crippen molar-refractivity contribution in [1.82, 2.24) is 24.6 Å². The number of anilines is 1. The molecule has 0 spiro atoms. The van der Waals surface area contributed by atoms with E-state index < -0.39 is 44.1 Å². The van der Waals surface area contributed by atoms with Crippen LogP contribution in [0.2, 0.25) is 0 Å². The van der Waals surface area contributed by atoms with E-state index in [2.05, 4.69) is 27.0 Å². The van der Waals surface area contributed by atoms with E-state index in [0.29, 0.717) is 17.7 Å². The number of nitrogens with one attached hydrogen (secondary N) is 1. The van der Waals surface area contributed by atoms with Gasteiger partial charge >= 0.3 is 11.9 Å². The third kappa shape index (κ3) is 9.50. The molecule has 2 aromatic heterocycles. The van der Waals surface area contributed by atoms with Gasteiger partial charge in [-0.3, -0.25) is 9.36 Å². The highest BCUT2D eigenvalue weighted by atomic mass is 31.2. The second kappa shape index (κ2) is 14.9. The van der Waals surface area contributed by atoms with E-state index in [1.54, 1.807) is 31.7 Å². The maximum absolute atomic E-state index is 13.9. The summed E-state index contributed by atoms with van der Waals surface area (Å²) in [6.07, 6.45) is 9.36. The van der Waals surface area contributed by atoms with Crippen LogP contribution in [0.3, 0.4) is 0 Å². The van der Waals surface area contributed by atoms with E-state index in [4.69, 9.17) is 24.5 Å². The van der Waals surface area contributed by atoms with Crippen molar-refractivity contribution < 1.29 is 32.9 Å². The van der Waals surface area contributed by atoms with Crippen molar-refractivity contribution in [2.24, 2.45) is 0 Å². The number of imidazole rings is 1. The smallest absolute Gasteiger partial charge is 0.332 e. The molecule has 0 aliphatic heterocycles. The van der Waals surface area contributed by atoms with Crippen LogP contribution in [0.4, 0.5) is 5.82 Å². The summed E-state index contributed by atoms with van der Waals surface area (Å²) in [5.74, 6) is -0.916. The zero-order valence-electron chi connectivity index (χ0n) is 24.0. The Balaban J connectivity index is 1.63. The summed E-state index contributed by atoms with van der Waals surface area (Å²) in [5, 5.41) is 2.79. The first kappa shape index (κ1) is 31.9. The van der Waals surface area contributed by atoms with E-state index in [9.17, 15) is 14.2 Å². The molecular formula is C26H43N6O7P. The largest absolute Gasteiger partial charge is 0.464 e. The molecule has 13 nitrogen and oxygen atoms in total. The summed E-state index contributed by atoms with van der Waals surface area (Å²) in [4.78, 5) is 37.6. The Morgan fingerprint density at radius 3 is 2.67 bits per heavy atom. The minimum atomic E-state index is -3.89. The summed E-state index contributed by atoms with van der Waals surface area (Å²) >= 11 is 0. The Morgan fingerprint density at radius 1 is 1.20 bits per heavy atom. The predicted molar refractivity (Wildman–Crippen MR) is 149 cm³/mol. The lowest BCUT2D eigenvalue weighted by Gasteiger charge is -2.30. The Kier molecular flexibility index (Phi) is 11.9. The molecule has 2 aromatic rings. The van der Waals surface area contributed by atoms with Crippen molar-refractivity contribution >= 4 is 36.4 Å². The first-order valence-corrected chi connectivity index (χ1v) is 15.8. The fraction of sp³-hybridized carbons (Fsp3) is 0.731. The number of aromatic nitrogens is 4. The molecule has 2 atom stereocenters. The van der Waals surface area contributed by atoms with Crippen LogP contribution in [0, 0.1) is 0 Å². The van der Waals surface area contributed by atoms with Crippen molar-refractivity contribution in [3.05, 3.63) is 12.7 Å². The zero-order chi connectivity index (χ0) is 29.2. The number of hydrogen-bond donors (Lipinski definition) is 2. The van der Waals surface area contributed by atoms with Gasteiger partial charge in [0.05, 0.1) is 25.6 Å². The minimum Gasteiger partial charge on any atom is -0.464 e. The van der Waals surface area contributed by atoms with E-state index in [1.165, 1.54) is 6.33 Å². The number of unbranched alkanes of at least 4 members (excludes halogenated alkanes) is 3. The lowest BCUT2D eigenvalue weighted by molar-refractivity contribution is -0.151. The van der Waals surface area contributed by atoms with Crippen LogP contribution in [0.1, 0.15) is 79.1 Å². The van der Waals surface area contributed by atoms with Crippen molar-refractivity contribution in [2.75, 3.05) is 25.3 Å². The lowest BCUT2D eigenvalue weighted by atomic mass is 10.1. The highest BCUT2D eigenvalue weighted by Crippen LogP contribution is 2.45. The fourth-order valence-electron chi connectivity index (χ4n) is 4.42. The van der Waals surface area contributed by atoms with Gasteiger partial charge in [0.1, 0.15) is 29.8 Å². The standard InChI is InChI=1S/C26H43N6O7P/c1-5-6-7-10-13-36-25(34)26(3,4)31-40(35,38-15-21(33)39-20-11-8-9-12-20)18-37-19(2)14-32-17-30-22-23(27)28-16-29-24(22)32/h16-17,19-20H,5-15,18H2,1-4H3,(H,31,35)(H2,27,28,29)/t19-,40?/m1/s1. The topological polar surface area (TPSA) is 170 Å². The van der Waals surface area contributed by atoms with Crippen LogP contribution >= 0.6 is 7.52 Å². The third-order valence-electron chi connectivity index (χ3n) is 6.59. The quantitative estimate of drug-likeness (QED) is 0.157. The molecule has 0 radical (unpaired) electrons. The molecule has 14 heteroatoms. The van der Waals surface area contributed by atoms with Gasteiger partial charge in [-0.25, -0.2) is 24.8 Å². The van der Waals surface area contributed by atoms with Crippen LogP contribution in [0.15, 0.2) is 12.7 Å². The average Bonchev–Trinajstić information content (AvgIpc) is 3.57. The summed E-state index contributed by atoms with van der Waals surface area (Å²) in [6.45, 7) is 7.04. The molecule has 0 amide bonds. The van der Waals surface area contributed by atoms with Gasteiger partial charge < -0.3 is 29.0 Å².